The van der Waals surface area contributed by atoms with Gasteiger partial charge in [0, 0.05) is 12.1 Å². The number of carbonyl (C=O) groups excluding carboxylic acids is 2. The van der Waals surface area contributed by atoms with Crippen LogP contribution < -0.4 is 16.2 Å². The number of urea groups is 1. The van der Waals surface area contributed by atoms with E-state index in [0.717, 1.165) is 31.0 Å². The Bertz CT molecular complexity index is 957. The lowest BCUT2D eigenvalue weighted by Crippen LogP contribution is -2.48. The highest BCUT2D eigenvalue weighted by atomic mass is 32.2. The molecule has 1 saturated carbocycles. The number of nitrogens with one attached hydrogen (secondary N) is 2. The second-order valence-corrected chi connectivity index (χ2v) is 8.80. The van der Waals surface area contributed by atoms with Gasteiger partial charge in [-0.3, -0.25) is 19.5 Å². The van der Waals surface area contributed by atoms with E-state index in [0.29, 0.717) is 22.0 Å². The first-order chi connectivity index (χ1) is 13.9. The van der Waals surface area contributed by atoms with Gasteiger partial charge in [0.05, 0.1) is 16.7 Å². The van der Waals surface area contributed by atoms with Gasteiger partial charge in [-0.25, -0.2) is 9.78 Å². The molecule has 0 aliphatic heterocycles. The first kappa shape index (κ1) is 21.4. The molecule has 0 spiro atoms. The molecule has 2 N–H and O–H groups in total. The van der Waals surface area contributed by atoms with Gasteiger partial charge in [0.2, 0.25) is 5.91 Å². The lowest BCUT2D eigenvalue weighted by molar-refractivity contribution is -0.117. The van der Waals surface area contributed by atoms with Crippen molar-refractivity contribution in [1.29, 1.82) is 0 Å². The summed E-state index contributed by atoms with van der Waals surface area (Å²) in [5, 5.41) is 6.33. The molecule has 3 rings (SSSR count). The molecule has 1 aliphatic carbocycles. The average Bonchev–Trinajstić information content (AvgIpc) is 2.68. The standard InChI is InChI=1S/C21H28N4O3S/c1-13(2)25-19(27)15-9-5-7-11-17(15)23-21(25)29-12-18(26)24-20(28)22-16-10-6-4-8-14(16)3/h5,7,9,11,13-14,16H,4,6,8,10,12H2,1-3H3,(H2,22,24,26,28)/t14-,16+/m1/s1. The van der Waals surface area contributed by atoms with Crippen LogP contribution in [-0.2, 0) is 4.79 Å². The van der Waals surface area contributed by atoms with Crippen molar-refractivity contribution in [2.24, 2.45) is 5.92 Å². The number of aromatic nitrogens is 2. The molecule has 7 nitrogen and oxygen atoms in total. The molecule has 2 atom stereocenters. The Kier molecular flexibility index (Phi) is 6.95. The lowest BCUT2D eigenvalue weighted by Gasteiger charge is -2.29. The quantitative estimate of drug-likeness (QED) is 0.575. The normalized spacial score (nSPS) is 19.3. The van der Waals surface area contributed by atoms with Crippen LogP contribution in [0.2, 0.25) is 0 Å². The van der Waals surface area contributed by atoms with Crippen molar-refractivity contribution in [3.63, 3.8) is 0 Å². The first-order valence-corrected chi connectivity index (χ1v) is 11.1. The Hall–Kier alpha value is -2.35. The molecule has 1 aliphatic rings. The minimum Gasteiger partial charge on any atom is -0.335 e. The number of thioether (sulfide) groups is 1. The van der Waals surface area contributed by atoms with Crippen LogP contribution in [0.1, 0.15) is 52.5 Å². The molecule has 29 heavy (non-hydrogen) atoms. The number of hydrogen-bond donors (Lipinski definition) is 2. The number of fused-ring (bicyclic) bond motifs is 1. The van der Waals surface area contributed by atoms with Crippen molar-refractivity contribution < 1.29 is 9.59 Å². The second-order valence-electron chi connectivity index (χ2n) is 7.86. The molecule has 0 unspecified atom stereocenters. The number of nitrogens with zero attached hydrogens (tertiary/aromatic N) is 2. The SMILES string of the molecule is CC(C)n1c(SCC(=O)NC(=O)N[C@H]2CCCC[C@H]2C)nc2ccccc2c1=O. The van der Waals surface area contributed by atoms with Crippen LogP contribution in [0.15, 0.2) is 34.2 Å². The topological polar surface area (TPSA) is 93.1 Å². The zero-order chi connectivity index (χ0) is 21.0. The molecule has 1 heterocycles. The van der Waals surface area contributed by atoms with Gasteiger partial charge in [-0.2, -0.15) is 0 Å². The summed E-state index contributed by atoms with van der Waals surface area (Å²) in [6.45, 7) is 5.93. The highest BCUT2D eigenvalue weighted by Crippen LogP contribution is 2.24. The molecular weight excluding hydrogens is 388 g/mol. The fourth-order valence-corrected chi connectivity index (χ4v) is 4.64. The number of benzene rings is 1. The summed E-state index contributed by atoms with van der Waals surface area (Å²) >= 11 is 1.16. The third kappa shape index (κ3) is 5.18. The smallest absolute Gasteiger partial charge is 0.321 e. The second kappa shape index (κ2) is 9.43. The highest BCUT2D eigenvalue weighted by Gasteiger charge is 2.23. The van der Waals surface area contributed by atoms with Gasteiger partial charge < -0.3 is 5.32 Å². The Labute approximate surface area is 174 Å². The van der Waals surface area contributed by atoms with Gasteiger partial charge in [0.15, 0.2) is 5.16 Å². The molecule has 0 bridgehead atoms. The van der Waals surface area contributed by atoms with Crippen LogP contribution >= 0.6 is 11.8 Å². The summed E-state index contributed by atoms with van der Waals surface area (Å²) in [6.07, 6.45) is 4.32. The molecule has 8 heteroatoms. The van der Waals surface area contributed by atoms with Crippen molar-refractivity contribution in [2.75, 3.05) is 5.75 Å². The summed E-state index contributed by atoms with van der Waals surface area (Å²) in [7, 11) is 0. The van der Waals surface area contributed by atoms with Crippen LogP contribution in [0.4, 0.5) is 4.79 Å². The van der Waals surface area contributed by atoms with Crippen LogP contribution in [-0.4, -0.2) is 33.3 Å². The number of hydrogen-bond acceptors (Lipinski definition) is 5. The predicted molar refractivity (Wildman–Crippen MR) is 115 cm³/mol. The van der Waals surface area contributed by atoms with E-state index in [9.17, 15) is 14.4 Å². The Morgan fingerprint density at radius 2 is 1.97 bits per heavy atom. The maximum atomic E-state index is 12.8. The largest absolute Gasteiger partial charge is 0.335 e. The number of rotatable bonds is 5. The molecular formula is C21H28N4O3S. The van der Waals surface area contributed by atoms with Crippen LogP contribution in [0.3, 0.4) is 0 Å². The number of para-hydroxylation sites is 1. The van der Waals surface area contributed by atoms with Crippen LogP contribution in [0, 0.1) is 5.92 Å². The van der Waals surface area contributed by atoms with E-state index in [1.54, 1.807) is 16.7 Å². The first-order valence-electron chi connectivity index (χ1n) is 10.1. The zero-order valence-electron chi connectivity index (χ0n) is 17.1. The van der Waals surface area contributed by atoms with Crippen LogP contribution in [0.25, 0.3) is 10.9 Å². The average molecular weight is 417 g/mol. The number of imide groups is 1. The van der Waals surface area contributed by atoms with E-state index in [-0.39, 0.29) is 23.4 Å². The van der Waals surface area contributed by atoms with Crippen molar-refractivity contribution in [3.8, 4) is 0 Å². The molecule has 0 saturated heterocycles. The summed E-state index contributed by atoms with van der Waals surface area (Å²) in [5.41, 5.74) is 0.471. The lowest BCUT2D eigenvalue weighted by atomic mass is 9.86. The Morgan fingerprint density at radius 1 is 1.24 bits per heavy atom. The summed E-state index contributed by atoms with van der Waals surface area (Å²) in [6, 6.07) is 6.72. The van der Waals surface area contributed by atoms with Crippen molar-refractivity contribution in [3.05, 3.63) is 34.6 Å². The summed E-state index contributed by atoms with van der Waals surface area (Å²) in [4.78, 5) is 41.8. The van der Waals surface area contributed by atoms with Gasteiger partial charge >= 0.3 is 6.03 Å². The maximum absolute atomic E-state index is 12.8. The monoisotopic (exact) mass is 416 g/mol. The van der Waals surface area contributed by atoms with Crippen molar-refractivity contribution >= 4 is 34.6 Å². The van der Waals surface area contributed by atoms with Crippen LogP contribution in [0.5, 0.6) is 0 Å². The zero-order valence-corrected chi connectivity index (χ0v) is 17.9. The minimum atomic E-state index is -0.456. The van der Waals surface area contributed by atoms with E-state index in [4.69, 9.17) is 0 Å². The Balaban J connectivity index is 1.65. The molecule has 156 valence electrons. The number of amides is 3. The van der Waals surface area contributed by atoms with E-state index in [1.165, 1.54) is 6.42 Å². The predicted octanol–water partition coefficient (Wildman–Crippen LogP) is 3.47. The molecule has 1 fully saturated rings. The van der Waals surface area contributed by atoms with E-state index >= 15 is 0 Å². The number of carbonyl (C=O) groups is 2. The van der Waals surface area contributed by atoms with E-state index in [2.05, 4.69) is 22.5 Å². The summed E-state index contributed by atoms with van der Waals surface area (Å²) in [5.74, 6) is 0.0143. The maximum Gasteiger partial charge on any atom is 0.321 e. The third-order valence-corrected chi connectivity index (χ3v) is 6.26. The van der Waals surface area contributed by atoms with Gasteiger partial charge in [-0.15, -0.1) is 0 Å². The molecule has 3 amide bonds. The minimum absolute atomic E-state index is 0.00510. The van der Waals surface area contributed by atoms with Gasteiger partial charge in [0.25, 0.3) is 5.56 Å². The molecule has 0 radical (unpaired) electrons. The summed E-state index contributed by atoms with van der Waals surface area (Å²) < 4.78 is 1.59. The van der Waals surface area contributed by atoms with Gasteiger partial charge in [0.1, 0.15) is 0 Å². The van der Waals surface area contributed by atoms with E-state index < -0.39 is 11.9 Å². The fraction of sp³-hybridized carbons (Fsp3) is 0.524. The third-order valence-electron chi connectivity index (χ3n) is 5.31. The van der Waals surface area contributed by atoms with E-state index in [1.807, 2.05) is 26.0 Å². The highest BCUT2D eigenvalue weighted by molar-refractivity contribution is 7.99. The molecule has 1 aromatic heterocycles. The van der Waals surface area contributed by atoms with Gasteiger partial charge in [-0.1, -0.05) is 43.7 Å². The fourth-order valence-electron chi connectivity index (χ4n) is 3.71. The van der Waals surface area contributed by atoms with Crippen molar-refractivity contribution in [2.45, 2.75) is 63.7 Å². The van der Waals surface area contributed by atoms with Crippen molar-refractivity contribution in [1.82, 2.24) is 20.2 Å². The van der Waals surface area contributed by atoms with Gasteiger partial charge in [-0.05, 0) is 44.7 Å². The molecule has 1 aromatic carbocycles. The molecule has 2 aromatic rings. The Morgan fingerprint density at radius 3 is 2.69 bits per heavy atom.